The molecule has 2 saturated heterocycles. The van der Waals surface area contributed by atoms with Gasteiger partial charge in [-0.2, -0.15) is 0 Å². The fraction of sp³-hybridized carbons (Fsp3) is 0.789. The Morgan fingerprint density at radius 3 is 2.56 bits per heavy atom. The molecular formula is C19H26O8. The summed E-state index contributed by atoms with van der Waals surface area (Å²) in [6.45, 7) is 4.05. The number of fused-ring (bicyclic) bond motifs is 2. The second kappa shape index (κ2) is 6.27. The number of rotatable bonds is 6. The molecule has 4 rings (SSSR count). The molecule has 27 heavy (non-hydrogen) atoms. The smallest absolute Gasteiger partial charge is 0.336 e. The van der Waals surface area contributed by atoms with Crippen LogP contribution in [0.3, 0.4) is 0 Å². The Morgan fingerprint density at radius 2 is 1.96 bits per heavy atom. The number of methoxy groups -OCH3 is 2. The van der Waals surface area contributed by atoms with Gasteiger partial charge in [-0.25, -0.2) is 4.79 Å². The average molecular weight is 382 g/mol. The molecule has 2 aliphatic carbocycles. The van der Waals surface area contributed by atoms with Crippen molar-refractivity contribution < 1.29 is 38.0 Å². The third kappa shape index (κ3) is 2.12. The standard InChI is InChI=1S/C19H26O8/c1-11-5-6-12-18(11)7-13(27-15(20)14(18)25-9-22-3)17(2,26-10-23-4)19(12)8-24-16(19)21/h6,11,13-14H,5,7-10H2,1-4H3/t11-,13-,14+,17+,18-,19+/m1/s1. The van der Waals surface area contributed by atoms with Crippen molar-refractivity contribution in [3.05, 3.63) is 11.6 Å². The lowest BCUT2D eigenvalue weighted by molar-refractivity contribution is -0.300. The Morgan fingerprint density at radius 1 is 1.22 bits per heavy atom. The number of hydrogen-bond acceptors (Lipinski definition) is 8. The molecule has 0 aromatic carbocycles. The largest absolute Gasteiger partial charge is 0.463 e. The molecule has 0 aromatic heterocycles. The molecule has 1 saturated carbocycles. The maximum atomic E-state index is 12.9. The molecule has 3 fully saturated rings. The van der Waals surface area contributed by atoms with Gasteiger partial charge in [0.1, 0.15) is 31.9 Å². The Kier molecular flexibility index (Phi) is 4.38. The van der Waals surface area contributed by atoms with E-state index < -0.39 is 34.6 Å². The highest BCUT2D eigenvalue weighted by molar-refractivity contribution is 5.91. The maximum absolute atomic E-state index is 12.9. The highest BCUT2D eigenvalue weighted by Crippen LogP contribution is 2.69. The van der Waals surface area contributed by atoms with Crippen LogP contribution in [0.25, 0.3) is 0 Å². The van der Waals surface area contributed by atoms with E-state index in [9.17, 15) is 9.59 Å². The first kappa shape index (κ1) is 18.9. The first-order chi connectivity index (χ1) is 12.9. The van der Waals surface area contributed by atoms with Gasteiger partial charge in [0.2, 0.25) is 0 Å². The number of ether oxygens (including phenoxy) is 6. The summed E-state index contributed by atoms with van der Waals surface area (Å²) in [6.07, 6.45) is 1.91. The Bertz CT molecular complexity index is 689. The van der Waals surface area contributed by atoms with Gasteiger partial charge in [-0.1, -0.05) is 13.0 Å². The zero-order valence-electron chi connectivity index (χ0n) is 16.1. The lowest BCUT2D eigenvalue weighted by Crippen LogP contribution is -2.77. The molecule has 2 spiro atoms. The zero-order chi connectivity index (χ0) is 19.4. The van der Waals surface area contributed by atoms with Crippen molar-refractivity contribution in [2.24, 2.45) is 16.7 Å². The zero-order valence-corrected chi connectivity index (χ0v) is 16.1. The van der Waals surface area contributed by atoms with Gasteiger partial charge in [-0.3, -0.25) is 4.79 Å². The second-order valence-corrected chi connectivity index (χ2v) is 8.02. The topological polar surface area (TPSA) is 89.5 Å². The van der Waals surface area contributed by atoms with Gasteiger partial charge >= 0.3 is 11.9 Å². The van der Waals surface area contributed by atoms with Crippen molar-refractivity contribution in [1.82, 2.24) is 0 Å². The minimum Gasteiger partial charge on any atom is -0.463 e. The lowest BCUT2D eigenvalue weighted by Gasteiger charge is -2.65. The van der Waals surface area contributed by atoms with Crippen molar-refractivity contribution in [1.29, 1.82) is 0 Å². The van der Waals surface area contributed by atoms with E-state index in [1.807, 2.05) is 6.92 Å². The summed E-state index contributed by atoms with van der Waals surface area (Å²) in [5, 5.41) is 0. The molecule has 150 valence electrons. The highest BCUT2D eigenvalue weighted by atomic mass is 16.7. The first-order valence-corrected chi connectivity index (χ1v) is 9.20. The predicted octanol–water partition coefficient (Wildman–Crippen LogP) is 1.18. The number of allylic oxidation sites excluding steroid dienone is 1. The van der Waals surface area contributed by atoms with Crippen molar-refractivity contribution in [2.45, 2.75) is 44.5 Å². The van der Waals surface area contributed by atoms with E-state index in [1.165, 1.54) is 14.2 Å². The van der Waals surface area contributed by atoms with Gasteiger partial charge < -0.3 is 28.4 Å². The van der Waals surface area contributed by atoms with Crippen LogP contribution in [0.15, 0.2) is 11.6 Å². The molecule has 0 radical (unpaired) electrons. The molecule has 8 heteroatoms. The summed E-state index contributed by atoms with van der Waals surface area (Å²) in [4.78, 5) is 25.8. The minimum atomic E-state index is -1.07. The summed E-state index contributed by atoms with van der Waals surface area (Å²) in [6, 6.07) is 0. The van der Waals surface area contributed by atoms with E-state index in [-0.39, 0.29) is 32.1 Å². The van der Waals surface area contributed by atoms with Crippen LogP contribution in [0.4, 0.5) is 0 Å². The van der Waals surface area contributed by atoms with Gasteiger partial charge in [0.25, 0.3) is 0 Å². The molecule has 0 aromatic rings. The van der Waals surface area contributed by atoms with Crippen LogP contribution in [0.5, 0.6) is 0 Å². The third-order valence-electron chi connectivity index (χ3n) is 7.04. The van der Waals surface area contributed by atoms with Crippen LogP contribution in [0.1, 0.15) is 26.7 Å². The van der Waals surface area contributed by atoms with E-state index in [1.54, 1.807) is 0 Å². The maximum Gasteiger partial charge on any atom is 0.336 e. The Labute approximate surface area is 158 Å². The van der Waals surface area contributed by atoms with Gasteiger partial charge in [0, 0.05) is 26.1 Å². The van der Waals surface area contributed by atoms with Crippen LogP contribution in [0, 0.1) is 16.7 Å². The number of esters is 2. The van der Waals surface area contributed by atoms with Crippen molar-refractivity contribution in [3.63, 3.8) is 0 Å². The van der Waals surface area contributed by atoms with Gasteiger partial charge in [-0.05, 0) is 24.8 Å². The van der Waals surface area contributed by atoms with Crippen LogP contribution < -0.4 is 0 Å². The fourth-order valence-corrected chi connectivity index (χ4v) is 5.52. The molecule has 4 aliphatic rings. The summed E-state index contributed by atoms with van der Waals surface area (Å²) >= 11 is 0. The van der Waals surface area contributed by atoms with Gasteiger partial charge in [0.15, 0.2) is 11.5 Å². The number of cyclic esters (lactones) is 1. The van der Waals surface area contributed by atoms with Crippen LogP contribution in [-0.4, -0.2) is 64.2 Å². The predicted molar refractivity (Wildman–Crippen MR) is 90.3 cm³/mol. The SMILES string of the molecule is COCO[C@H]1C(=O)O[C@@H]2C[C@@]13C(=CC[C@H]3C)[C@]1(COC1=O)[C@@]2(C)OCOC. The highest BCUT2D eigenvalue weighted by Gasteiger charge is 2.79. The summed E-state index contributed by atoms with van der Waals surface area (Å²) in [5.74, 6) is -0.682. The van der Waals surface area contributed by atoms with Crippen molar-refractivity contribution in [2.75, 3.05) is 34.4 Å². The number of carbonyl (C=O) groups excluding carboxylic acids is 2. The van der Waals surface area contributed by atoms with Crippen molar-refractivity contribution >= 4 is 11.9 Å². The monoisotopic (exact) mass is 382 g/mol. The molecule has 8 nitrogen and oxygen atoms in total. The summed E-state index contributed by atoms with van der Waals surface area (Å²) < 4.78 is 33.0. The Balaban J connectivity index is 1.85. The van der Waals surface area contributed by atoms with Crippen LogP contribution >= 0.6 is 0 Å². The van der Waals surface area contributed by atoms with E-state index in [2.05, 4.69) is 13.0 Å². The molecular weight excluding hydrogens is 356 g/mol. The van der Waals surface area contributed by atoms with E-state index in [4.69, 9.17) is 28.4 Å². The molecule has 2 bridgehead atoms. The van der Waals surface area contributed by atoms with E-state index in [0.29, 0.717) is 6.42 Å². The van der Waals surface area contributed by atoms with E-state index in [0.717, 1.165) is 12.0 Å². The number of hydrogen-bond donors (Lipinski definition) is 0. The first-order valence-electron chi connectivity index (χ1n) is 9.20. The average Bonchev–Trinajstić information content (AvgIpc) is 2.95. The summed E-state index contributed by atoms with van der Waals surface area (Å²) in [5.41, 5.74) is -1.83. The third-order valence-corrected chi connectivity index (χ3v) is 7.04. The molecule has 0 amide bonds. The van der Waals surface area contributed by atoms with Gasteiger partial charge in [-0.15, -0.1) is 0 Å². The molecule has 0 N–H and O–H groups in total. The van der Waals surface area contributed by atoms with E-state index >= 15 is 0 Å². The lowest BCUT2D eigenvalue weighted by atomic mass is 9.47. The van der Waals surface area contributed by atoms with Crippen LogP contribution in [-0.2, 0) is 38.0 Å². The summed E-state index contributed by atoms with van der Waals surface area (Å²) in [7, 11) is 3.02. The molecule has 6 atom stereocenters. The molecule has 2 heterocycles. The fourth-order valence-electron chi connectivity index (χ4n) is 5.52. The Hall–Kier alpha value is -1.48. The second-order valence-electron chi connectivity index (χ2n) is 8.02. The van der Waals surface area contributed by atoms with Crippen molar-refractivity contribution in [3.8, 4) is 0 Å². The minimum absolute atomic E-state index is 0.0149. The molecule has 2 aliphatic heterocycles. The normalized spacial score (nSPS) is 45.0. The van der Waals surface area contributed by atoms with Crippen LogP contribution in [0.2, 0.25) is 0 Å². The van der Waals surface area contributed by atoms with Gasteiger partial charge in [0.05, 0.1) is 0 Å². The molecule has 0 unspecified atom stereocenters. The number of carbonyl (C=O) groups is 2. The quantitative estimate of drug-likeness (QED) is 0.384.